The van der Waals surface area contributed by atoms with Crippen molar-refractivity contribution in [2.45, 2.75) is 38.6 Å². The zero-order chi connectivity index (χ0) is 20.2. The normalized spacial score (nSPS) is 16.1. The van der Waals surface area contributed by atoms with E-state index in [1.54, 1.807) is 6.26 Å². The summed E-state index contributed by atoms with van der Waals surface area (Å²) in [5.74, 6) is 0.741. The summed E-state index contributed by atoms with van der Waals surface area (Å²) in [6.45, 7) is 1.59. The van der Waals surface area contributed by atoms with Crippen molar-refractivity contribution in [2.75, 3.05) is 13.1 Å². The topological polar surface area (TPSA) is 81.2 Å². The highest BCUT2D eigenvalue weighted by Crippen LogP contribution is 2.41. The van der Waals surface area contributed by atoms with E-state index in [9.17, 15) is 9.59 Å². The molecule has 1 aliphatic carbocycles. The highest BCUT2D eigenvalue weighted by Gasteiger charge is 2.26. The molecule has 0 aromatic carbocycles. The van der Waals surface area contributed by atoms with Crippen LogP contribution in [0.15, 0.2) is 33.9 Å². The van der Waals surface area contributed by atoms with Crippen LogP contribution in [0.4, 0.5) is 0 Å². The van der Waals surface area contributed by atoms with Gasteiger partial charge in [0.25, 0.3) is 5.56 Å². The van der Waals surface area contributed by atoms with Crippen molar-refractivity contribution in [2.24, 2.45) is 0 Å². The average molecular weight is 420 g/mol. The molecule has 0 N–H and O–H groups in total. The lowest BCUT2D eigenvalue weighted by atomic mass is 10.0. The molecule has 5 heterocycles. The van der Waals surface area contributed by atoms with Crippen molar-refractivity contribution in [3.63, 3.8) is 0 Å². The van der Waals surface area contributed by atoms with Gasteiger partial charge in [-0.15, -0.1) is 11.3 Å². The number of likely N-dealkylation sites (tertiary alicyclic amines) is 1. The number of amides is 1. The Morgan fingerprint density at radius 2 is 2.00 bits per heavy atom. The van der Waals surface area contributed by atoms with Gasteiger partial charge in [-0.1, -0.05) is 0 Å². The summed E-state index contributed by atoms with van der Waals surface area (Å²) in [6, 6.07) is 3.79. The number of fused-ring (bicyclic) bond motifs is 5. The minimum Gasteiger partial charge on any atom is -0.463 e. The Morgan fingerprint density at radius 3 is 2.80 bits per heavy atom. The molecule has 0 atom stereocenters. The van der Waals surface area contributed by atoms with Crippen LogP contribution < -0.4 is 5.56 Å². The SMILES string of the molecule is O=C(Cn1cnc2c(sc3nc(-c4ccco4)c4c(c32)CCC4)c1=O)N1CCCC1. The van der Waals surface area contributed by atoms with Crippen LogP contribution in [0.2, 0.25) is 0 Å². The Labute approximate surface area is 176 Å². The van der Waals surface area contributed by atoms with Gasteiger partial charge in [-0.05, 0) is 55.4 Å². The third-order valence-corrected chi connectivity index (χ3v) is 7.24. The Balaban J connectivity index is 1.50. The van der Waals surface area contributed by atoms with Gasteiger partial charge in [0, 0.05) is 18.5 Å². The van der Waals surface area contributed by atoms with E-state index in [0.717, 1.165) is 66.9 Å². The van der Waals surface area contributed by atoms with E-state index in [4.69, 9.17) is 9.40 Å². The number of aromatic nitrogens is 3. The smallest absolute Gasteiger partial charge is 0.271 e. The van der Waals surface area contributed by atoms with Gasteiger partial charge in [-0.2, -0.15) is 0 Å². The Hall–Kier alpha value is -3.00. The van der Waals surface area contributed by atoms with E-state index in [1.165, 1.54) is 33.4 Å². The van der Waals surface area contributed by atoms with Crippen molar-refractivity contribution in [3.05, 3.63) is 46.2 Å². The van der Waals surface area contributed by atoms with Crippen molar-refractivity contribution in [1.29, 1.82) is 0 Å². The van der Waals surface area contributed by atoms with Gasteiger partial charge in [-0.25, -0.2) is 9.97 Å². The molecule has 6 rings (SSSR count). The molecule has 7 nitrogen and oxygen atoms in total. The van der Waals surface area contributed by atoms with E-state index in [-0.39, 0.29) is 18.0 Å². The molecule has 1 saturated heterocycles. The molecule has 4 aromatic heterocycles. The van der Waals surface area contributed by atoms with Gasteiger partial charge in [0.15, 0.2) is 5.76 Å². The van der Waals surface area contributed by atoms with Gasteiger partial charge < -0.3 is 9.32 Å². The molecule has 0 radical (unpaired) electrons. The van der Waals surface area contributed by atoms with Crippen LogP contribution in [0.3, 0.4) is 0 Å². The van der Waals surface area contributed by atoms with E-state index in [2.05, 4.69) is 4.98 Å². The van der Waals surface area contributed by atoms with Crippen molar-refractivity contribution in [1.82, 2.24) is 19.4 Å². The van der Waals surface area contributed by atoms with Crippen molar-refractivity contribution in [3.8, 4) is 11.5 Å². The molecule has 2 aliphatic rings. The number of hydrogen-bond acceptors (Lipinski definition) is 6. The number of carbonyl (C=O) groups is 1. The number of hydrogen-bond donors (Lipinski definition) is 0. The largest absolute Gasteiger partial charge is 0.463 e. The third-order valence-electron chi connectivity index (χ3n) is 6.18. The first-order chi connectivity index (χ1) is 14.7. The van der Waals surface area contributed by atoms with Crippen LogP contribution in [-0.2, 0) is 24.2 Å². The molecule has 0 bridgehead atoms. The standard InChI is InChI=1S/C22H20N4O3S/c27-16(25-8-1-2-9-25)11-26-12-23-19-17-13-5-3-6-14(13)18(15-7-4-10-29-15)24-21(17)30-20(19)22(26)28/h4,7,10,12H,1-3,5-6,8-9,11H2. The second-order valence-electron chi connectivity index (χ2n) is 7.97. The zero-order valence-corrected chi connectivity index (χ0v) is 17.2. The monoisotopic (exact) mass is 420 g/mol. The molecule has 1 fully saturated rings. The fourth-order valence-corrected chi connectivity index (χ4v) is 5.84. The number of rotatable bonds is 3. The maximum atomic E-state index is 13.2. The van der Waals surface area contributed by atoms with Crippen LogP contribution in [0.25, 0.3) is 31.9 Å². The Bertz CT molecular complexity index is 1350. The Kier molecular flexibility index (Phi) is 4.02. The molecule has 8 heteroatoms. The third kappa shape index (κ3) is 2.63. The molecule has 0 unspecified atom stereocenters. The molecule has 0 spiro atoms. The van der Waals surface area contributed by atoms with Gasteiger partial charge >= 0.3 is 0 Å². The molecule has 30 heavy (non-hydrogen) atoms. The van der Waals surface area contributed by atoms with E-state index >= 15 is 0 Å². The summed E-state index contributed by atoms with van der Waals surface area (Å²) < 4.78 is 7.63. The number of furan rings is 1. The maximum Gasteiger partial charge on any atom is 0.271 e. The number of pyridine rings is 1. The first kappa shape index (κ1) is 17.8. The highest BCUT2D eigenvalue weighted by molar-refractivity contribution is 7.25. The summed E-state index contributed by atoms with van der Waals surface area (Å²) in [6.07, 6.45) is 8.20. The molecule has 1 aliphatic heterocycles. The number of nitrogens with zero attached hydrogens (tertiary/aromatic N) is 4. The fraction of sp³-hybridized carbons (Fsp3) is 0.364. The Morgan fingerprint density at radius 1 is 1.17 bits per heavy atom. The van der Waals surface area contributed by atoms with Gasteiger partial charge in [0.1, 0.15) is 21.8 Å². The molecule has 1 amide bonds. The van der Waals surface area contributed by atoms with Crippen molar-refractivity contribution >= 4 is 37.7 Å². The highest BCUT2D eigenvalue weighted by atomic mass is 32.1. The predicted molar refractivity (Wildman–Crippen MR) is 115 cm³/mol. The summed E-state index contributed by atoms with van der Waals surface area (Å²) in [7, 11) is 0. The fourth-order valence-electron chi connectivity index (χ4n) is 4.73. The predicted octanol–water partition coefficient (Wildman–Crippen LogP) is 3.38. The van der Waals surface area contributed by atoms with E-state index in [1.807, 2.05) is 17.0 Å². The van der Waals surface area contributed by atoms with Crippen LogP contribution >= 0.6 is 11.3 Å². The number of aryl methyl sites for hydroxylation is 1. The first-order valence-corrected chi connectivity index (χ1v) is 11.2. The maximum absolute atomic E-state index is 13.2. The van der Waals surface area contributed by atoms with Crippen LogP contribution in [0.5, 0.6) is 0 Å². The van der Waals surface area contributed by atoms with Crippen LogP contribution in [0.1, 0.15) is 30.4 Å². The average Bonchev–Trinajstić information content (AvgIpc) is 3.54. The lowest BCUT2D eigenvalue weighted by molar-refractivity contribution is -0.130. The second-order valence-corrected chi connectivity index (χ2v) is 8.97. The minimum absolute atomic E-state index is 0.0176. The van der Waals surface area contributed by atoms with Crippen molar-refractivity contribution < 1.29 is 9.21 Å². The number of thiophene rings is 1. The van der Waals surface area contributed by atoms with E-state index < -0.39 is 0 Å². The summed E-state index contributed by atoms with van der Waals surface area (Å²) in [5.41, 5.74) is 3.85. The van der Waals surface area contributed by atoms with E-state index in [0.29, 0.717) is 10.2 Å². The van der Waals surface area contributed by atoms with Crippen LogP contribution in [-0.4, -0.2) is 38.4 Å². The second kappa shape index (κ2) is 6.77. The summed E-state index contributed by atoms with van der Waals surface area (Å²) in [5, 5.41) is 0.993. The molecular formula is C22H20N4O3S. The molecule has 152 valence electrons. The van der Waals surface area contributed by atoms with Gasteiger partial charge in [0.2, 0.25) is 5.91 Å². The minimum atomic E-state index is -0.165. The number of carbonyl (C=O) groups excluding carboxylic acids is 1. The lowest BCUT2D eigenvalue weighted by Gasteiger charge is -2.15. The lowest BCUT2D eigenvalue weighted by Crippen LogP contribution is -2.34. The van der Waals surface area contributed by atoms with Gasteiger partial charge in [0.05, 0.1) is 18.1 Å². The molecule has 0 saturated carbocycles. The zero-order valence-electron chi connectivity index (χ0n) is 16.4. The quantitative estimate of drug-likeness (QED) is 0.508. The van der Waals surface area contributed by atoms with Crippen LogP contribution in [0, 0.1) is 0 Å². The van der Waals surface area contributed by atoms with Gasteiger partial charge in [-0.3, -0.25) is 14.2 Å². The molecular weight excluding hydrogens is 400 g/mol. The summed E-state index contributed by atoms with van der Waals surface area (Å²) >= 11 is 1.37. The summed E-state index contributed by atoms with van der Waals surface area (Å²) in [4.78, 5) is 37.8. The molecule has 4 aromatic rings. The first-order valence-electron chi connectivity index (χ1n) is 10.4.